The summed E-state index contributed by atoms with van der Waals surface area (Å²) >= 11 is 4.68. The quantitative estimate of drug-likeness (QED) is 0.633. The first-order chi connectivity index (χ1) is 6.00. The van der Waals surface area contributed by atoms with Crippen LogP contribution in [-0.4, -0.2) is 26.1 Å². The lowest BCUT2D eigenvalue weighted by atomic mass is 10.5. The van der Waals surface area contributed by atoms with E-state index in [1.807, 2.05) is 0 Å². The largest absolute Gasteiger partial charge is 0.402 e. The van der Waals surface area contributed by atoms with E-state index in [-0.39, 0.29) is 5.75 Å². The predicted octanol–water partition coefficient (Wildman–Crippen LogP) is 2.96. The van der Waals surface area contributed by atoms with E-state index >= 15 is 0 Å². The molecule has 13 heavy (non-hydrogen) atoms. The summed E-state index contributed by atoms with van der Waals surface area (Å²) in [5.74, 6) is -0.0846. The second kappa shape index (κ2) is 4.61. The van der Waals surface area contributed by atoms with Gasteiger partial charge >= 0.3 is 6.18 Å². The minimum atomic E-state index is -4.20. The SMILES string of the molecule is FC(F)(F)C(Br)CSc1ncns1. The summed E-state index contributed by atoms with van der Waals surface area (Å²) in [6, 6.07) is 0. The molecule has 74 valence electrons. The number of hydrogen-bond acceptors (Lipinski definition) is 4. The van der Waals surface area contributed by atoms with Gasteiger partial charge in [-0.3, -0.25) is 0 Å². The van der Waals surface area contributed by atoms with Crippen molar-refractivity contribution in [1.82, 2.24) is 9.36 Å². The van der Waals surface area contributed by atoms with Gasteiger partial charge in [-0.25, -0.2) is 4.98 Å². The molecule has 0 spiro atoms. The van der Waals surface area contributed by atoms with E-state index in [1.54, 1.807) is 0 Å². The Labute approximate surface area is 89.2 Å². The highest BCUT2D eigenvalue weighted by molar-refractivity contribution is 9.09. The van der Waals surface area contributed by atoms with Gasteiger partial charge in [-0.05, 0) is 11.5 Å². The summed E-state index contributed by atoms with van der Waals surface area (Å²) < 4.78 is 40.2. The standard InChI is InChI=1S/C5H4BrF3N2S2/c6-3(5(7,8)9)1-12-4-10-2-11-13-4/h2-3H,1H2. The van der Waals surface area contributed by atoms with Crippen molar-refractivity contribution in [3.63, 3.8) is 0 Å². The smallest absolute Gasteiger partial charge is 0.216 e. The zero-order valence-electron chi connectivity index (χ0n) is 6.08. The Morgan fingerprint density at radius 3 is 2.77 bits per heavy atom. The maximum absolute atomic E-state index is 12.0. The third-order valence-electron chi connectivity index (χ3n) is 1.05. The van der Waals surface area contributed by atoms with Crippen molar-refractivity contribution in [2.24, 2.45) is 0 Å². The first-order valence-electron chi connectivity index (χ1n) is 3.10. The third-order valence-corrected chi connectivity index (χ3v) is 4.21. The highest BCUT2D eigenvalue weighted by Crippen LogP contribution is 2.31. The van der Waals surface area contributed by atoms with E-state index in [9.17, 15) is 13.2 Å². The van der Waals surface area contributed by atoms with Crippen LogP contribution in [0.2, 0.25) is 0 Å². The van der Waals surface area contributed by atoms with Gasteiger partial charge in [0.25, 0.3) is 0 Å². The topological polar surface area (TPSA) is 25.8 Å². The van der Waals surface area contributed by atoms with Gasteiger partial charge in [-0.15, -0.1) is 0 Å². The monoisotopic (exact) mass is 292 g/mol. The van der Waals surface area contributed by atoms with Crippen molar-refractivity contribution >= 4 is 39.2 Å². The average Bonchev–Trinajstić information content (AvgIpc) is 2.50. The first kappa shape index (κ1) is 11.3. The highest BCUT2D eigenvalue weighted by Gasteiger charge is 2.37. The zero-order chi connectivity index (χ0) is 9.90. The summed E-state index contributed by atoms with van der Waals surface area (Å²) in [4.78, 5) is 2.26. The third kappa shape index (κ3) is 3.82. The van der Waals surface area contributed by atoms with Crippen LogP contribution in [0, 0.1) is 0 Å². The number of nitrogens with zero attached hydrogens (tertiary/aromatic N) is 2. The molecule has 0 bridgehead atoms. The van der Waals surface area contributed by atoms with E-state index < -0.39 is 11.0 Å². The molecule has 2 nitrogen and oxygen atoms in total. The molecule has 1 heterocycles. The summed E-state index contributed by atoms with van der Waals surface area (Å²) in [6.07, 6.45) is -2.87. The fourth-order valence-corrected chi connectivity index (χ4v) is 2.28. The Morgan fingerprint density at radius 2 is 2.31 bits per heavy atom. The Hall–Kier alpha value is 0.180. The molecule has 0 saturated carbocycles. The molecule has 0 N–H and O–H groups in total. The molecule has 1 aromatic heterocycles. The van der Waals surface area contributed by atoms with E-state index in [2.05, 4.69) is 25.3 Å². The van der Waals surface area contributed by atoms with Crippen molar-refractivity contribution in [1.29, 1.82) is 0 Å². The summed E-state index contributed by atoms with van der Waals surface area (Å²) in [6.45, 7) is 0. The van der Waals surface area contributed by atoms with Gasteiger partial charge < -0.3 is 0 Å². The molecule has 0 aliphatic rings. The van der Waals surface area contributed by atoms with Crippen LogP contribution in [0.25, 0.3) is 0 Å². The summed E-state index contributed by atoms with van der Waals surface area (Å²) in [5, 5.41) is 0. The molecule has 1 rings (SSSR count). The molecular formula is C5H4BrF3N2S2. The van der Waals surface area contributed by atoms with Crippen LogP contribution >= 0.6 is 39.2 Å². The van der Waals surface area contributed by atoms with Crippen molar-refractivity contribution in [3.05, 3.63) is 6.33 Å². The Bertz CT molecular complexity index is 251. The maximum Gasteiger partial charge on any atom is 0.402 e. The van der Waals surface area contributed by atoms with Crippen LogP contribution in [0.3, 0.4) is 0 Å². The van der Waals surface area contributed by atoms with Gasteiger partial charge in [-0.2, -0.15) is 17.5 Å². The van der Waals surface area contributed by atoms with Crippen molar-refractivity contribution in [3.8, 4) is 0 Å². The number of hydrogen-bond donors (Lipinski definition) is 0. The van der Waals surface area contributed by atoms with Crippen LogP contribution in [0.5, 0.6) is 0 Å². The lowest BCUT2D eigenvalue weighted by Crippen LogP contribution is -2.24. The molecular weight excluding hydrogens is 289 g/mol. The fourth-order valence-electron chi connectivity index (χ4n) is 0.466. The molecule has 1 unspecified atom stereocenters. The molecule has 0 amide bonds. The lowest BCUT2D eigenvalue weighted by molar-refractivity contribution is -0.122. The Balaban J connectivity index is 2.35. The Morgan fingerprint density at radius 1 is 1.62 bits per heavy atom. The summed E-state index contributed by atoms with van der Waals surface area (Å²) in [7, 11) is 0. The fraction of sp³-hybridized carbons (Fsp3) is 0.600. The number of rotatable bonds is 3. The minimum absolute atomic E-state index is 0.0846. The van der Waals surface area contributed by atoms with Crippen LogP contribution < -0.4 is 0 Å². The molecule has 0 aromatic carbocycles. The molecule has 0 aliphatic carbocycles. The molecule has 0 saturated heterocycles. The van der Waals surface area contributed by atoms with Gasteiger partial charge in [0.15, 0.2) is 4.34 Å². The normalized spacial score (nSPS) is 14.5. The number of alkyl halides is 4. The maximum atomic E-state index is 12.0. The molecule has 0 radical (unpaired) electrons. The number of aromatic nitrogens is 2. The zero-order valence-corrected chi connectivity index (χ0v) is 9.30. The highest BCUT2D eigenvalue weighted by atomic mass is 79.9. The molecule has 0 aliphatic heterocycles. The van der Waals surface area contributed by atoms with Crippen molar-refractivity contribution in [2.75, 3.05) is 5.75 Å². The van der Waals surface area contributed by atoms with E-state index in [0.717, 1.165) is 23.3 Å². The van der Waals surface area contributed by atoms with Crippen molar-refractivity contribution in [2.45, 2.75) is 15.3 Å². The molecule has 1 atom stereocenters. The van der Waals surface area contributed by atoms with Crippen LogP contribution in [-0.2, 0) is 0 Å². The predicted molar refractivity (Wildman–Crippen MR) is 49.4 cm³/mol. The van der Waals surface area contributed by atoms with E-state index in [1.165, 1.54) is 6.33 Å². The number of halogens is 4. The Kier molecular flexibility index (Phi) is 3.99. The molecule has 0 fully saturated rings. The summed E-state index contributed by atoms with van der Waals surface area (Å²) in [5.41, 5.74) is 0. The minimum Gasteiger partial charge on any atom is -0.216 e. The molecule has 8 heteroatoms. The second-order valence-corrected chi connectivity index (χ2v) is 5.18. The van der Waals surface area contributed by atoms with Crippen molar-refractivity contribution < 1.29 is 13.2 Å². The van der Waals surface area contributed by atoms with Gasteiger partial charge in [0.1, 0.15) is 11.2 Å². The van der Waals surface area contributed by atoms with Gasteiger partial charge in [0.05, 0.1) is 0 Å². The van der Waals surface area contributed by atoms with E-state index in [0.29, 0.717) is 4.34 Å². The van der Waals surface area contributed by atoms with Gasteiger partial charge in [0.2, 0.25) is 0 Å². The van der Waals surface area contributed by atoms with Crippen LogP contribution in [0.4, 0.5) is 13.2 Å². The molecule has 1 aromatic rings. The van der Waals surface area contributed by atoms with Gasteiger partial charge in [-0.1, -0.05) is 27.7 Å². The van der Waals surface area contributed by atoms with Crippen LogP contribution in [0.1, 0.15) is 0 Å². The van der Waals surface area contributed by atoms with E-state index in [4.69, 9.17) is 0 Å². The average molecular weight is 293 g/mol. The van der Waals surface area contributed by atoms with Gasteiger partial charge in [0, 0.05) is 5.75 Å². The number of thioether (sulfide) groups is 1. The lowest BCUT2D eigenvalue weighted by Gasteiger charge is -2.11. The van der Waals surface area contributed by atoms with Crippen LogP contribution in [0.15, 0.2) is 10.7 Å². The first-order valence-corrected chi connectivity index (χ1v) is 5.78. The second-order valence-electron chi connectivity index (χ2n) is 2.03.